The summed E-state index contributed by atoms with van der Waals surface area (Å²) >= 11 is 0. The van der Waals surface area contributed by atoms with Crippen LogP contribution in [0.1, 0.15) is 50.5 Å². The van der Waals surface area contributed by atoms with Crippen molar-refractivity contribution in [2.75, 3.05) is 13.1 Å². The van der Waals surface area contributed by atoms with Crippen LogP contribution in [0.4, 0.5) is 13.6 Å². The third-order valence-electron chi connectivity index (χ3n) is 6.94. The van der Waals surface area contributed by atoms with Crippen molar-refractivity contribution in [3.05, 3.63) is 29.8 Å². The second-order valence-electron chi connectivity index (χ2n) is 9.45. The third-order valence-corrected chi connectivity index (χ3v) is 6.94. The Bertz CT molecular complexity index is 749. The van der Waals surface area contributed by atoms with Gasteiger partial charge in [0.15, 0.2) is 0 Å². The van der Waals surface area contributed by atoms with E-state index >= 15 is 0 Å². The number of hydrogen-bond donors (Lipinski definition) is 3. The average molecular weight is 436 g/mol. The van der Waals surface area contributed by atoms with Gasteiger partial charge in [-0.1, -0.05) is 12.1 Å². The molecule has 0 saturated heterocycles. The van der Waals surface area contributed by atoms with Crippen LogP contribution in [0.15, 0.2) is 24.3 Å². The maximum Gasteiger partial charge on any atom is 0.387 e. The minimum absolute atomic E-state index is 0.0308. The Morgan fingerprint density at radius 3 is 2.16 bits per heavy atom. The van der Waals surface area contributed by atoms with Crippen molar-refractivity contribution in [2.24, 2.45) is 17.8 Å². The van der Waals surface area contributed by atoms with Gasteiger partial charge in [0.2, 0.25) is 5.91 Å². The van der Waals surface area contributed by atoms with Gasteiger partial charge in [-0.2, -0.15) is 8.78 Å². The topological polar surface area (TPSA) is 79.5 Å². The maximum atomic E-state index is 12.4. The molecular formula is C23H31F2N3O3. The molecule has 0 aliphatic heterocycles. The van der Waals surface area contributed by atoms with Crippen LogP contribution in [-0.4, -0.2) is 37.2 Å². The summed E-state index contributed by atoms with van der Waals surface area (Å²) < 4.78 is 28.6. The highest BCUT2D eigenvalue weighted by molar-refractivity contribution is 5.78. The summed E-state index contributed by atoms with van der Waals surface area (Å²) in [5.74, 6) is 2.29. The van der Waals surface area contributed by atoms with Gasteiger partial charge in [-0.05, 0) is 80.4 Å². The minimum atomic E-state index is -2.84. The predicted molar refractivity (Wildman–Crippen MR) is 112 cm³/mol. The number of urea groups is 1. The molecule has 4 aliphatic carbocycles. The molecule has 0 aromatic heterocycles. The lowest BCUT2D eigenvalue weighted by molar-refractivity contribution is -0.120. The molecule has 0 radical (unpaired) electrons. The van der Waals surface area contributed by atoms with Crippen LogP contribution in [0, 0.1) is 17.8 Å². The molecule has 170 valence electrons. The quantitative estimate of drug-likeness (QED) is 0.555. The van der Waals surface area contributed by atoms with Crippen LogP contribution >= 0.6 is 0 Å². The zero-order valence-corrected chi connectivity index (χ0v) is 17.7. The van der Waals surface area contributed by atoms with Gasteiger partial charge in [-0.15, -0.1) is 0 Å². The molecule has 4 fully saturated rings. The summed E-state index contributed by atoms with van der Waals surface area (Å²) in [6.07, 6.45) is 8.09. The van der Waals surface area contributed by atoms with Gasteiger partial charge in [-0.25, -0.2) is 4.79 Å². The molecule has 0 spiro atoms. The van der Waals surface area contributed by atoms with Gasteiger partial charge in [0.1, 0.15) is 5.75 Å². The number of hydrogen-bond acceptors (Lipinski definition) is 3. The number of benzene rings is 1. The lowest BCUT2D eigenvalue weighted by Gasteiger charge is -2.56. The van der Waals surface area contributed by atoms with E-state index in [1.165, 1.54) is 31.4 Å². The highest BCUT2D eigenvalue weighted by Crippen LogP contribution is 2.55. The van der Waals surface area contributed by atoms with E-state index in [4.69, 9.17) is 0 Å². The summed E-state index contributed by atoms with van der Waals surface area (Å²) in [5, 5.41) is 8.89. The van der Waals surface area contributed by atoms with Gasteiger partial charge in [0.05, 0.1) is 0 Å². The Labute approximate surface area is 181 Å². The fraction of sp³-hybridized carbons (Fsp3) is 0.652. The van der Waals surface area contributed by atoms with Crippen LogP contribution in [-0.2, 0) is 11.2 Å². The highest BCUT2D eigenvalue weighted by atomic mass is 19.3. The van der Waals surface area contributed by atoms with Crippen LogP contribution in [0.3, 0.4) is 0 Å². The normalized spacial score (nSPS) is 28.4. The molecule has 31 heavy (non-hydrogen) atoms. The lowest BCUT2D eigenvalue weighted by atomic mass is 9.53. The molecule has 0 atom stereocenters. The second kappa shape index (κ2) is 9.40. The van der Waals surface area contributed by atoms with E-state index in [-0.39, 0.29) is 29.6 Å². The van der Waals surface area contributed by atoms with Crippen LogP contribution in [0.2, 0.25) is 0 Å². The largest absolute Gasteiger partial charge is 0.435 e. The van der Waals surface area contributed by atoms with E-state index in [0.717, 1.165) is 42.6 Å². The smallest absolute Gasteiger partial charge is 0.387 e. The number of halogens is 2. The van der Waals surface area contributed by atoms with Crippen molar-refractivity contribution in [3.63, 3.8) is 0 Å². The molecule has 5 rings (SSSR count). The number of ether oxygens (including phenoxy) is 1. The summed E-state index contributed by atoms with van der Waals surface area (Å²) in [6.45, 7) is -2.11. The van der Waals surface area contributed by atoms with E-state index in [0.29, 0.717) is 19.5 Å². The molecule has 1 aromatic rings. The SMILES string of the molecule is O=C(CCNC(=O)NC12CC3CC(CC(C3)C1)C2)NCCc1ccc(OC(F)F)cc1. The number of rotatable bonds is 9. The molecule has 6 nitrogen and oxygen atoms in total. The number of nitrogens with one attached hydrogen (secondary N) is 3. The fourth-order valence-electron chi connectivity index (χ4n) is 6.11. The standard InChI is InChI=1S/C23H31F2N3O3/c24-21(25)31-19-3-1-15(2-4-19)5-7-26-20(29)6-8-27-22(30)28-23-12-16-9-17(13-23)11-18(10-16)14-23/h1-4,16-18,21H,5-14H2,(H,26,29)(H2,27,28,30). The van der Waals surface area contributed by atoms with Crippen molar-refractivity contribution in [3.8, 4) is 5.75 Å². The summed E-state index contributed by atoms with van der Waals surface area (Å²) in [4.78, 5) is 24.4. The van der Waals surface area contributed by atoms with E-state index in [9.17, 15) is 18.4 Å². The van der Waals surface area contributed by atoms with Crippen LogP contribution in [0.5, 0.6) is 5.75 Å². The van der Waals surface area contributed by atoms with E-state index in [1.807, 2.05) is 0 Å². The minimum Gasteiger partial charge on any atom is -0.435 e. The second-order valence-corrected chi connectivity index (χ2v) is 9.45. The molecular weight excluding hydrogens is 404 g/mol. The Balaban J connectivity index is 1.10. The van der Waals surface area contributed by atoms with Gasteiger partial charge < -0.3 is 20.7 Å². The predicted octanol–water partition coefficient (Wildman–Crippen LogP) is 3.60. The average Bonchev–Trinajstić information content (AvgIpc) is 2.67. The van der Waals surface area contributed by atoms with Crippen molar-refractivity contribution < 1.29 is 23.1 Å². The fourth-order valence-corrected chi connectivity index (χ4v) is 6.11. The first-order valence-electron chi connectivity index (χ1n) is 11.3. The first-order chi connectivity index (χ1) is 14.9. The molecule has 4 bridgehead atoms. The molecule has 8 heteroatoms. The van der Waals surface area contributed by atoms with E-state index in [1.54, 1.807) is 12.1 Å². The Morgan fingerprint density at radius 1 is 0.968 bits per heavy atom. The molecule has 0 heterocycles. The zero-order chi connectivity index (χ0) is 21.8. The summed E-state index contributed by atoms with van der Waals surface area (Å²) in [7, 11) is 0. The molecule has 4 saturated carbocycles. The Kier molecular flexibility index (Phi) is 6.62. The Hall–Kier alpha value is -2.38. The van der Waals surface area contributed by atoms with Crippen molar-refractivity contribution in [1.82, 2.24) is 16.0 Å². The molecule has 0 unspecified atom stereocenters. The number of alkyl halides is 2. The maximum absolute atomic E-state index is 12.4. The zero-order valence-electron chi connectivity index (χ0n) is 17.7. The van der Waals surface area contributed by atoms with E-state index < -0.39 is 6.61 Å². The molecule has 4 aliphatic rings. The highest BCUT2D eigenvalue weighted by Gasteiger charge is 2.51. The number of carbonyl (C=O) groups is 2. The van der Waals surface area contributed by atoms with Gasteiger partial charge in [-0.3, -0.25) is 4.79 Å². The van der Waals surface area contributed by atoms with Crippen molar-refractivity contribution >= 4 is 11.9 Å². The third kappa shape index (κ3) is 5.86. The van der Waals surface area contributed by atoms with Crippen LogP contribution in [0.25, 0.3) is 0 Å². The first-order valence-corrected chi connectivity index (χ1v) is 11.3. The van der Waals surface area contributed by atoms with Gasteiger partial charge >= 0.3 is 12.6 Å². The molecule has 3 amide bonds. The monoisotopic (exact) mass is 435 g/mol. The number of amides is 3. The Morgan fingerprint density at radius 2 is 1.58 bits per heavy atom. The van der Waals surface area contributed by atoms with E-state index in [2.05, 4.69) is 20.7 Å². The number of carbonyl (C=O) groups excluding carboxylic acids is 2. The van der Waals surface area contributed by atoms with Crippen molar-refractivity contribution in [1.29, 1.82) is 0 Å². The molecule has 3 N–H and O–H groups in total. The summed E-state index contributed by atoms with van der Waals surface area (Å²) in [6, 6.07) is 6.19. The van der Waals surface area contributed by atoms with Crippen LogP contribution < -0.4 is 20.7 Å². The van der Waals surface area contributed by atoms with Gasteiger partial charge in [0, 0.05) is 25.0 Å². The summed E-state index contributed by atoms with van der Waals surface area (Å²) in [5.41, 5.74) is 0.881. The molecule has 1 aromatic carbocycles. The first kappa shape index (κ1) is 21.8. The lowest BCUT2D eigenvalue weighted by Crippen LogP contribution is -2.61. The van der Waals surface area contributed by atoms with Crippen molar-refractivity contribution in [2.45, 2.75) is 63.5 Å². The van der Waals surface area contributed by atoms with Gasteiger partial charge in [0.25, 0.3) is 0 Å².